The molecule has 1 heterocycles. The fourth-order valence-electron chi connectivity index (χ4n) is 1.94. The lowest BCUT2D eigenvalue weighted by molar-refractivity contribution is 0.477. The van der Waals surface area contributed by atoms with Crippen molar-refractivity contribution in [1.82, 2.24) is 4.98 Å². The number of para-hydroxylation sites is 1. The van der Waals surface area contributed by atoms with Gasteiger partial charge < -0.3 is 10.1 Å². The Morgan fingerprint density at radius 3 is 2.65 bits per heavy atom. The van der Waals surface area contributed by atoms with Crippen LogP contribution in [-0.2, 0) is 0 Å². The van der Waals surface area contributed by atoms with Crippen LogP contribution in [0.15, 0.2) is 48.5 Å². The van der Waals surface area contributed by atoms with Crippen molar-refractivity contribution in [3.05, 3.63) is 53.6 Å². The number of rotatable bonds is 1. The summed E-state index contributed by atoms with van der Waals surface area (Å²) in [6.07, 6.45) is 0. The van der Waals surface area contributed by atoms with Crippen molar-refractivity contribution in [2.45, 2.75) is 0 Å². The third-order valence-electron chi connectivity index (χ3n) is 2.78. The molecular weight excluding hydrogens is 234 g/mol. The molecule has 84 valence electrons. The van der Waals surface area contributed by atoms with Crippen molar-refractivity contribution in [2.75, 3.05) is 0 Å². The predicted molar refractivity (Wildman–Crippen MR) is 70.4 cm³/mol. The van der Waals surface area contributed by atoms with Crippen molar-refractivity contribution >= 4 is 22.5 Å². The van der Waals surface area contributed by atoms with Crippen molar-refractivity contribution in [2.24, 2.45) is 0 Å². The van der Waals surface area contributed by atoms with Gasteiger partial charge in [0, 0.05) is 21.5 Å². The van der Waals surface area contributed by atoms with E-state index in [9.17, 15) is 5.11 Å². The average Bonchev–Trinajstić information content (AvgIpc) is 2.75. The van der Waals surface area contributed by atoms with E-state index in [1.165, 1.54) is 0 Å². The molecule has 0 atom stereocenters. The summed E-state index contributed by atoms with van der Waals surface area (Å²) in [6.45, 7) is 0. The van der Waals surface area contributed by atoms with Gasteiger partial charge in [-0.1, -0.05) is 29.8 Å². The minimum atomic E-state index is 0.223. The molecule has 17 heavy (non-hydrogen) atoms. The van der Waals surface area contributed by atoms with Crippen LogP contribution >= 0.6 is 11.6 Å². The maximum atomic E-state index is 9.83. The van der Waals surface area contributed by atoms with Crippen LogP contribution in [0.2, 0.25) is 5.02 Å². The van der Waals surface area contributed by atoms with Crippen LogP contribution < -0.4 is 0 Å². The number of fused-ring (bicyclic) bond motifs is 1. The number of aromatic hydroxyl groups is 1. The summed E-state index contributed by atoms with van der Waals surface area (Å²) in [4.78, 5) is 3.26. The fourth-order valence-corrected chi connectivity index (χ4v) is 2.11. The number of hydrogen-bond acceptors (Lipinski definition) is 1. The monoisotopic (exact) mass is 243 g/mol. The number of hydrogen-bond donors (Lipinski definition) is 2. The van der Waals surface area contributed by atoms with Crippen LogP contribution in [0.4, 0.5) is 0 Å². The summed E-state index contributed by atoms with van der Waals surface area (Å²) in [7, 11) is 0. The zero-order valence-electron chi connectivity index (χ0n) is 8.94. The molecule has 0 aliphatic rings. The minimum Gasteiger partial charge on any atom is -0.507 e. The van der Waals surface area contributed by atoms with Gasteiger partial charge in [0.1, 0.15) is 5.75 Å². The second-order valence-corrected chi connectivity index (χ2v) is 4.37. The molecule has 0 saturated carbocycles. The molecule has 2 aromatic carbocycles. The molecule has 3 heteroatoms. The number of nitrogens with one attached hydrogen (secondary N) is 1. The van der Waals surface area contributed by atoms with E-state index in [1.54, 1.807) is 18.2 Å². The number of aromatic amines is 1. The topological polar surface area (TPSA) is 36.0 Å². The molecule has 1 aromatic heterocycles. The molecule has 0 aliphatic heterocycles. The minimum absolute atomic E-state index is 0.223. The van der Waals surface area contributed by atoms with E-state index in [2.05, 4.69) is 4.98 Å². The maximum absolute atomic E-state index is 9.83. The summed E-state index contributed by atoms with van der Waals surface area (Å²) < 4.78 is 0. The van der Waals surface area contributed by atoms with E-state index in [1.807, 2.05) is 30.3 Å². The highest BCUT2D eigenvalue weighted by Crippen LogP contribution is 2.32. The van der Waals surface area contributed by atoms with E-state index < -0.39 is 0 Å². The SMILES string of the molecule is Oc1ccc(Cl)cc1-c1cc2ccccc2[nH]1. The Labute approximate surface area is 103 Å². The first-order valence-electron chi connectivity index (χ1n) is 5.31. The van der Waals surface area contributed by atoms with Crippen LogP contribution in [0.5, 0.6) is 5.75 Å². The number of phenols is 1. The van der Waals surface area contributed by atoms with Crippen LogP contribution in [0.3, 0.4) is 0 Å². The van der Waals surface area contributed by atoms with E-state index in [0.717, 1.165) is 16.6 Å². The second-order valence-electron chi connectivity index (χ2n) is 3.93. The Kier molecular flexibility index (Phi) is 2.30. The molecule has 2 N–H and O–H groups in total. The molecule has 0 aliphatic carbocycles. The molecule has 0 bridgehead atoms. The Bertz CT molecular complexity index is 655. The van der Waals surface area contributed by atoms with Gasteiger partial charge in [-0.3, -0.25) is 0 Å². The number of phenolic OH excluding ortho intramolecular Hbond substituents is 1. The molecule has 0 radical (unpaired) electrons. The number of aromatic nitrogens is 1. The van der Waals surface area contributed by atoms with Crippen molar-refractivity contribution in [3.63, 3.8) is 0 Å². The Morgan fingerprint density at radius 1 is 1.00 bits per heavy atom. The van der Waals surface area contributed by atoms with Gasteiger partial charge in [-0.2, -0.15) is 0 Å². The molecule has 0 amide bonds. The molecule has 0 unspecified atom stereocenters. The van der Waals surface area contributed by atoms with Gasteiger partial charge in [-0.25, -0.2) is 0 Å². The summed E-state index contributed by atoms with van der Waals surface area (Å²) in [5.41, 5.74) is 2.63. The normalized spacial score (nSPS) is 10.9. The smallest absolute Gasteiger partial charge is 0.124 e. The first kappa shape index (κ1) is 10.2. The Balaban J connectivity index is 2.23. The summed E-state index contributed by atoms with van der Waals surface area (Å²) in [6, 6.07) is 15.0. The van der Waals surface area contributed by atoms with E-state index in [-0.39, 0.29) is 5.75 Å². The first-order valence-corrected chi connectivity index (χ1v) is 5.68. The first-order chi connectivity index (χ1) is 8.24. The third kappa shape index (κ3) is 1.77. The summed E-state index contributed by atoms with van der Waals surface area (Å²) in [5.74, 6) is 0.223. The molecule has 2 nitrogen and oxygen atoms in total. The summed E-state index contributed by atoms with van der Waals surface area (Å²) in [5, 5.41) is 11.6. The van der Waals surface area contributed by atoms with Gasteiger partial charge in [-0.15, -0.1) is 0 Å². The van der Waals surface area contributed by atoms with Gasteiger partial charge in [0.2, 0.25) is 0 Å². The Hall–Kier alpha value is -1.93. The van der Waals surface area contributed by atoms with E-state index in [0.29, 0.717) is 10.6 Å². The van der Waals surface area contributed by atoms with Gasteiger partial charge >= 0.3 is 0 Å². The van der Waals surface area contributed by atoms with Crippen molar-refractivity contribution < 1.29 is 5.11 Å². The number of benzene rings is 2. The van der Waals surface area contributed by atoms with Crippen LogP contribution in [0.1, 0.15) is 0 Å². The van der Waals surface area contributed by atoms with Crippen molar-refractivity contribution in [1.29, 1.82) is 0 Å². The maximum Gasteiger partial charge on any atom is 0.124 e. The zero-order valence-corrected chi connectivity index (χ0v) is 9.70. The molecule has 0 fully saturated rings. The van der Waals surface area contributed by atoms with Gasteiger partial charge in [-0.05, 0) is 30.3 Å². The quantitative estimate of drug-likeness (QED) is 0.660. The lowest BCUT2D eigenvalue weighted by Crippen LogP contribution is -1.78. The second kappa shape index (κ2) is 3.82. The Morgan fingerprint density at radius 2 is 1.82 bits per heavy atom. The standard InChI is InChI=1S/C14H10ClNO/c15-10-5-6-14(17)11(8-10)13-7-9-3-1-2-4-12(9)16-13/h1-8,16-17H. The van der Waals surface area contributed by atoms with E-state index >= 15 is 0 Å². The van der Waals surface area contributed by atoms with Gasteiger partial charge in [0.05, 0.1) is 5.69 Å². The molecule has 3 aromatic rings. The van der Waals surface area contributed by atoms with Crippen LogP contribution in [0.25, 0.3) is 22.2 Å². The largest absolute Gasteiger partial charge is 0.507 e. The predicted octanol–water partition coefficient (Wildman–Crippen LogP) is 4.19. The number of H-pyrrole nitrogens is 1. The molecule has 0 spiro atoms. The zero-order chi connectivity index (χ0) is 11.8. The van der Waals surface area contributed by atoms with Gasteiger partial charge in [0.15, 0.2) is 0 Å². The highest BCUT2D eigenvalue weighted by molar-refractivity contribution is 6.31. The van der Waals surface area contributed by atoms with Gasteiger partial charge in [0.25, 0.3) is 0 Å². The molecule has 3 rings (SSSR count). The lowest BCUT2D eigenvalue weighted by Gasteiger charge is -2.02. The summed E-state index contributed by atoms with van der Waals surface area (Å²) >= 11 is 5.94. The fraction of sp³-hybridized carbons (Fsp3) is 0. The van der Waals surface area contributed by atoms with Crippen LogP contribution in [-0.4, -0.2) is 10.1 Å². The van der Waals surface area contributed by atoms with Crippen molar-refractivity contribution in [3.8, 4) is 17.0 Å². The van der Waals surface area contributed by atoms with Crippen LogP contribution in [0, 0.1) is 0 Å². The highest BCUT2D eigenvalue weighted by Gasteiger charge is 2.08. The molecular formula is C14H10ClNO. The highest BCUT2D eigenvalue weighted by atomic mass is 35.5. The lowest BCUT2D eigenvalue weighted by atomic mass is 10.1. The number of halogens is 1. The molecule has 0 saturated heterocycles. The van der Waals surface area contributed by atoms with E-state index in [4.69, 9.17) is 11.6 Å². The average molecular weight is 244 g/mol. The third-order valence-corrected chi connectivity index (χ3v) is 3.01.